The van der Waals surface area contributed by atoms with Gasteiger partial charge in [-0.15, -0.1) is 0 Å². The van der Waals surface area contributed by atoms with Crippen molar-refractivity contribution in [1.82, 2.24) is 10.3 Å². The van der Waals surface area contributed by atoms with Crippen LogP contribution in [0.15, 0.2) is 18.3 Å². The summed E-state index contributed by atoms with van der Waals surface area (Å²) in [4.78, 5) is 16.0. The summed E-state index contributed by atoms with van der Waals surface area (Å²) in [5.74, 6) is 0.374. The molecule has 2 rings (SSSR count). The SMILES string of the molecule is COCCOc1ccc(NC(=O)C2COCCN2)cn1. The van der Waals surface area contributed by atoms with Crippen LogP contribution >= 0.6 is 0 Å². The molecule has 0 aliphatic carbocycles. The Balaban J connectivity index is 1.81. The third-order valence-corrected chi connectivity index (χ3v) is 2.78. The van der Waals surface area contributed by atoms with Gasteiger partial charge in [-0.2, -0.15) is 0 Å². The zero-order valence-corrected chi connectivity index (χ0v) is 11.4. The first-order chi connectivity index (χ1) is 9.79. The quantitative estimate of drug-likeness (QED) is 0.716. The molecule has 1 atom stereocenters. The number of anilines is 1. The Morgan fingerprint density at radius 2 is 2.45 bits per heavy atom. The molecule has 1 saturated heterocycles. The van der Waals surface area contributed by atoms with E-state index >= 15 is 0 Å². The Labute approximate surface area is 117 Å². The van der Waals surface area contributed by atoms with Crippen LogP contribution in [0.3, 0.4) is 0 Å². The van der Waals surface area contributed by atoms with Crippen LogP contribution in [-0.2, 0) is 14.3 Å². The number of carbonyl (C=O) groups is 1. The highest BCUT2D eigenvalue weighted by atomic mass is 16.5. The molecule has 1 aliphatic rings. The van der Waals surface area contributed by atoms with Gasteiger partial charge >= 0.3 is 0 Å². The number of aromatic nitrogens is 1. The summed E-state index contributed by atoms with van der Waals surface area (Å²) in [7, 11) is 1.61. The topological polar surface area (TPSA) is 81.7 Å². The first-order valence-corrected chi connectivity index (χ1v) is 6.49. The van der Waals surface area contributed by atoms with Crippen molar-refractivity contribution in [2.24, 2.45) is 0 Å². The lowest BCUT2D eigenvalue weighted by Crippen LogP contribution is -2.48. The minimum atomic E-state index is -0.318. The Bertz CT molecular complexity index is 418. The maximum Gasteiger partial charge on any atom is 0.243 e. The van der Waals surface area contributed by atoms with Crippen LogP contribution in [0.25, 0.3) is 0 Å². The Morgan fingerprint density at radius 3 is 3.10 bits per heavy atom. The number of morpholine rings is 1. The maximum absolute atomic E-state index is 11.9. The molecule has 1 amide bonds. The molecule has 0 aromatic carbocycles. The van der Waals surface area contributed by atoms with E-state index in [-0.39, 0.29) is 11.9 Å². The lowest BCUT2D eigenvalue weighted by molar-refractivity contribution is -0.120. The van der Waals surface area contributed by atoms with Gasteiger partial charge in [0, 0.05) is 19.7 Å². The molecule has 1 fully saturated rings. The van der Waals surface area contributed by atoms with Gasteiger partial charge in [0.1, 0.15) is 12.6 Å². The molecule has 1 aromatic heterocycles. The number of methoxy groups -OCH3 is 1. The first kappa shape index (κ1) is 14.7. The monoisotopic (exact) mass is 281 g/mol. The van der Waals surface area contributed by atoms with Crippen molar-refractivity contribution < 1.29 is 19.0 Å². The van der Waals surface area contributed by atoms with E-state index in [1.54, 1.807) is 25.4 Å². The van der Waals surface area contributed by atoms with Crippen molar-refractivity contribution in [3.05, 3.63) is 18.3 Å². The van der Waals surface area contributed by atoms with E-state index in [4.69, 9.17) is 14.2 Å². The highest BCUT2D eigenvalue weighted by Crippen LogP contribution is 2.12. The zero-order valence-electron chi connectivity index (χ0n) is 11.4. The number of pyridine rings is 1. The highest BCUT2D eigenvalue weighted by molar-refractivity contribution is 5.94. The molecule has 0 saturated carbocycles. The molecule has 1 unspecified atom stereocenters. The summed E-state index contributed by atoms with van der Waals surface area (Å²) in [6.45, 7) is 2.66. The van der Waals surface area contributed by atoms with Crippen molar-refractivity contribution >= 4 is 11.6 Å². The summed E-state index contributed by atoms with van der Waals surface area (Å²) in [6.07, 6.45) is 1.56. The molecular formula is C13H19N3O4. The summed E-state index contributed by atoms with van der Waals surface area (Å²) in [6, 6.07) is 3.13. The number of hydrogen-bond donors (Lipinski definition) is 2. The number of rotatable bonds is 6. The number of carbonyl (C=O) groups excluding carboxylic acids is 1. The molecule has 2 N–H and O–H groups in total. The predicted molar refractivity (Wildman–Crippen MR) is 72.8 cm³/mol. The molecule has 7 heteroatoms. The van der Waals surface area contributed by atoms with Crippen LogP contribution in [0.4, 0.5) is 5.69 Å². The van der Waals surface area contributed by atoms with Gasteiger partial charge < -0.3 is 24.8 Å². The Hall–Kier alpha value is -1.70. The second-order valence-electron chi connectivity index (χ2n) is 4.30. The number of hydrogen-bond acceptors (Lipinski definition) is 6. The fourth-order valence-electron chi connectivity index (χ4n) is 1.73. The van der Waals surface area contributed by atoms with Gasteiger partial charge in [-0.25, -0.2) is 4.98 Å². The molecule has 110 valence electrons. The van der Waals surface area contributed by atoms with Crippen molar-refractivity contribution in [3.63, 3.8) is 0 Å². The molecule has 0 bridgehead atoms. The van der Waals surface area contributed by atoms with E-state index < -0.39 is 0 Å². The third kappa shape index (κ3) is 4.44. The van der Waals surface area contributed by atoms with E-state index in [1.165, 1.54) is 0 Å². The zero-order chi connectivity index (χ0) is 14.2. The predicted octanol–water partition coefficient (Wildman–Crippen LogP) is 0.0337. The van der Waals surface area contributed by atoms with Gasteiger partial charge in [-0.1, -0.05) is 0 Å². The highest BCUT2D eigenvalue weighted by Gasteiger charge is 2.21. The summed E-state index contributed by atoms with van der Waals surface area (Å²) in [5.41, 5.74) is 0.626. The normalized spacial score (nSPS) is 18.6. The van der Waals surface area contributed by atoms with Crippen molar-refractivity contribution in [3.8, 4) is 5.88 Å². The van der Waals surface area contributed by atoms with Crippen LogP contribution in [-0.4, -0.2) is 57.0 Å². The van der Waals surface area contributed by atoms with E-state index in [0.29, 0.717) is 44.5 Å². The van der Waals surface area contributed by atoms with Crippen LogP contribution in [0.1, 0.15) is 0 Å². The molecule has 2 heterocycles. The third-order valence-electron chi connectivity index (χ3n) is 2.78. The second kappa shape index (κ2) is 7.78. The van der Waals surface area contributed by atoms with Gasteiger partial charge in [-0.05, 0) is 6.07 Å². The molecule has 0 radical (unpaired) electrons. The van der Waals surface area contributed by atoms with Crippen molar-refractivity contribution in [2.75, 3.05) is 45.4 Å². The van der Waals surface area contributed by atoms with Crippen LogP contribution in [0.5, 0.6) is 5.88 Å². The number of amides is 1. The van der Waals surface area contributed by atoms with Crippen LogP contribution < -0.4 is 15.4 Å². The Morgan fingerprint density at radius 1 is 1.55 bits per heavy atom. The minimum absolute atomic E-state index is 0.125. The lowest BCUT2D eigenvalue weighted by atomic mass is 10.2. The van der Waals surface area contributed by atoms with E-state index in [0.717, 1.165) is 0 Å². The Kier molecular flexibility index (Phi) is 5.72. The van der Waals surface area contributed by atoms with E-state index in [9.17, 15) is 4.79 Å². The molecule has 0 spiro atoms. The number of nitrogens with one attached hydrogen (secondary N) is 2. The van der Waals surface area contributed by atoms with Gasteiger partial charge in [0.15, 0.2) is 0 Å². The summed E-state index contributed by atoms with van der Waals surface area (Å²) < 4.78 is 15.5. The smallest absolute Gasteiger partial charge is 0.243 e. The molecular weight excluding hydrogens is 262 g/mol. The number of nitrogens with zero attached hydrogens (tertiary/aromatic N) is 1. The average molecular weight is 281 g/mol. The maximum atomic E-state index is 11.9. The first-order valence-electron chi connectivity index (χ1n) is 6.49. The standard InChI is InChI=1S/C13H19N3O4/c1-18-6-7-20-12-3-2-10(8-15-12)16-13(17)11-9-19-5-4-14-11/h2-3,8,11,14H,4-7,9H2,1H3,(H,16,17). The number of ether oxygens (including phenoxy) is 3. The van der Waals surface area contributed by atoms with Gasteiger partial charge in [0.2, 0.25) is 11.8 Å². The van der Waals surface area contributed by atoms with Gasteiger partial charge in [0.05, 0.1) is 31.7 Å². The summed E-state index contributed by atoms with van der Waals surface area (Å²) >= 11 is 0. The lowest BCUT2D eigenvalue weighted by Gasteiger charge is -2.22. The van der Waals surface area contributed by atoms with Crippen molar-refractivity contribution in [1.29, 1.82) is 0 Å². The largest absolute Gasteiger partial charge is 0.475 e. The van der Waals surface area contributed by atoms with Crippen molar-refractivity contribution in [2.45, 2.75) is 6.04 Å². The summed E-state index contributed by atoms with van der Waals surface area (Å²) in [5, 5.41) is 5.87. The average Bonchev–Trinajstić information content (AvgIpc) is 2.50. The fraction of sp³-hybridized carbons (Fsp3) is 0.538. The minimum Gasteiger partial charge on any atom is -0.475 e. The van der Waals surface area contributed by atoms with Gasteiger partial charge in [0.25, 0.3) is 0 Å². The fourth-order valence-corrected chi connectivity index (χ4v) is 1.73. The molecule has 20 heavy (non-hydrogen) atoms. The van der Waals surface area contributed by atoms with E-state index in [2.05, 4.69) is 15.6 Å². The van der Waals surface area contributed by atoms with E-state index in [1.807, 2.05) is 0 Å². The van der Waals surface area contributed by atoms with Crippen LogP contribution in [0, 0.1) is 0 Å². The molecule has 1 aromatic rings. The molecule has 7 nitrogen and oxygen atoms in total. The van der Waals surface area contributed by atoms with Gasteiger partial charge in [-0.3, -0.25) is 4.79 Å². The second-order valence-corrected chi connectivity index (χ2v) is 4.30. The van der Waals surface area contributed by atoms with Crippen LogP contribution in [0.2, 0.25) is 0 Å². The molecule has 1 aliphatic heterocycles.